The second kappa shape index (κ2) is 4.33. The Balaban J connectivity index is 1.97. The lowest BCUT2D eigenvalue weighted by Crippen LogP contribution is -2.27. The predicted molar refractivity (Wildman–Crippen MR) is 58.3 cm³/mol. The molecule has 1 aliphatic carbocycles. The highest BCUT2D eigenvalue weighted by atomic mass is 16.5. The third-order valence-corrected chi connectivity index (χ3v) is 2.74. The number of aryl methyl sites for hydroxylation is 1. The Morgan fingerprint density at radius 3 is 2.87 bits per heavy atom. The van der Waals surface area contributed by atoms with Crippen LogP contribution in [0.25, 0.3) is 0 Å². The van der Waals surface area contributed by atoms with Gasteiger partial charge >= 0.3 is 0 Å². The highest BCUT2D eigenvalue weighted by Crippen LogP contribution is 2.31. The van der Waals surface area contributed by atoms with Crippen molar-refractivity contribution in [3.05, 3.63) is 18.0 Å². The van der Waals surface area contributed by atoms with Gasteiger partial charge in [-0.2, -0.15) is 5.10 Å². The molecule has 0 spiro atoms. The van der Waals surface area contributed by atoms with Crippen molar-refractivity contribution in [2.75, 3.05) is 6.61 Å². The zero-order chi connectivity index (χ0) is 10.8. The molecular formula is C11H19N3O. The quantitative estimate of drug-likeness (QED) is 0.793. The molecule has 15 heavy (non-hydrogen) atoms. The SMILES string of the molecule is CC(N)C(OCC1CC1)c1cnn(C)c1. The van der Waals surface area contributed by atoms with Gasteiger partial charge in [0.15, 0.2) is 0 Å². The maximum absolute atomic E-state index is 5.92. The van der Waals surface area contributed by atoms with Gasteiger partial charge < -0.3 is 10.5 Å². The van der Waals surface area contributed by atoms with E-state index in [1.165, 1.54) is 12.8 Å². The van der Waals surface area contributed by atoms with E-state index >= 15 is 0 Å². The van der Waals surface area contributed by atoms with Gasteiger partial charge in [0.1, 0.15) is 6.10 Å². The van der Waals surface area contributed by atoms with Crippen molar-refractivity contribution in [2.45, 2.75) is 31.9 Å². The smallest absolute Gasteiger partial charge is 0.100 e. The molecule has 0 aromatic carbocycles. The molecule has 1 aromatic heterocycles. The maximum atomic E-state index is 5.92. The molecule has 0 bridgehead atoms. The van der Waals surface area contributed by atoms with Gasteiger partial charge in [-0.25, -0.2) is 0 Å². The molecule has 4 heteroatoms. The van der Waals surface area contributed by atoms with E-state index in [1.807, 2.05) is 26.4 Å². The van der Waals surface area contributed by atoms with Gasteiger partial charge in [-0.05, 0) is 25.7 Å². The minimum absolute atomic E-state index is 0.00736. The van der Waals surface area contributed by atoms with Crippen molar-refractivity contribution in [3.63, 3.8) is 0 Å². The topological polar surface area (TPSA) is 53.1 Å². The van der Waals surface area contributed by atoms with Crippen molar-refractivity contribution in [3.8, 4) is 0 Å². The Morgan fingerprint density at radius 2 is 2.40 bits per heavy atom. The van der Waals surface area contributed by atoms with Crippen LogP contribution in [0.2, 0.25) is 0 Å². The van der Waals surface area contributed by atoms with Crippen LogP contribution in [0.5, 0.6) is 0 Å². The molecular weight excluding hydrogens is 190 g/mol. The largest absolute Gasteiger partial charge is 0.372 e. The first-order valence-corrected chi connectivity index (χ1v) is 5.52. The molecule has 0 amide bonds. The third kappa shape index (κ3) is 2.79. The molecule has 84 valence electrons. The lowest BCUT2D eigenvalue weighted by atomic mass is 10.1. The molecule has 4 nitrogen and oxygen atoms in total. The molecule has 1 heterocycles. The van der Waals surface area contributed by atoms with E-state index in [2.05, 4.69) is 5.10 Å². The highest BCUT2D eigenvalue weighted by molar-refractivity contribution is 5.10. The fraction of sp³-hybridized carbons (Fsp3) is 0.727. The first-order valence-electron chi connectivity index (χ1n) is 5.52. The summed E-state index contributed by atoms with van der Waals surface area (Å²) in [5.74, 6) is 0.767. The number of hydrogen-bond acceptors (Lipinski definition) is 3. The predicted octanol–water partition coefficient (Wildman–Crippen LogP) is 1.23. The number of nitrogens with zero attached hydrogens (tertiary/aromatic N) is 2. The van der Waals surface area contributed by atoms with Crippen LogP contribution in [-0.4, -0.2) is 22.4 Å². The summed E-state index contributed by atoms with van der Waals surface area (Å²) in [7, 11) is 1.91. The van der Waals surface area contributed by atoms with Gasteiger partial charge in [0.2, 0.25) is 0 Å². The van der Waals surface area contributed by atoms with Crippen LogP contribution < -0.4 is 5.73 Å². The van der Waals surface area contributed by atoms with Gasteiger partial charge in [0, 0.05) is 24.8 Å². The Bertz CT molecular complexity index is 317. The van der Waals surface area contributed by atoms with Gasteiger partial charge in [-0.15, -0.1) is 0 Å². The number of rotatable bonds is 5. The van der Waals surface area contributed by atoms with Gasteiger partial charge in [0.05, 0.1) is 12.8 Å². The van der Waals surface area contributed by atoms with Crippen LogP contribution in [0.15, 0.2) is 12.4 Å². The fourth-order valence-corrected chi connectivity index (χ4v) is 1.66. The fourth-order valence-electron chi connectivity index (χ4n) is 1.66. The highest BCUT2D eigenvalue weighted by Gasteiger charge is 2.25. The van der Waals surface area contributed by atoms with Gasteiger partial charge in [-0.3, -0.25) is 4.68 Å². The Labute approximate surface area is 90.4 Å². The average molecular weight is 209 g/mol. The van der Waals surface area contributed by atoms with Crippen molar-refractivity contribution in [1.29, 1.82) is 0 Å². The van der Waals surface area contributed by atoms with E-state index in [0.29, 0.717) is 0 Å². The van der Waals surface area contributed by atoms with Gasteiger partial charge in [0.25, 0.3) is 0 Å². The van der Waals surface area contributed by atoms with Crippen LogP contribution in [-0.2, 0) is 11.8 Å². The van der Waals surface area contributed by atoms with Crippen LogP contribution in [0, 0.1) is 5.92 Å². The summed E-state index contributed by atoms with van der Waals surface area (Å²) >= 11 is 0. The van der Waals surface area contributed by atoms with E-state index in [4.69, 9.17) is 10.5 Å². The molecule has 1 aromatic rings. The molecule has 0 saturated heterocycles. The minimum atomic E-state index is -0.0145. The molecule has 0 aliphatic heterocycles. The van der Waals surface area contributed by atoms with Crippen LogP contribution in [0.4, 0.5) is 0 Å². The Kier molecular flexibility index (Phi) is 3.07. The molecule has 2 rings (SSSR count). The lowest BCUT2D eigenvalue weighted by Gasteiger charge is -2.20. The third-order valence-electron chi connectivity index (χ3n) is 2.74. The number of nitrogens with two attached hydrogens (primary N) is 1. The molecule has 2 atom stereocenters. The maximum Gasteiger partial charge on any atom is 0.100 e. The number of aromatic nitrogens is 2. The van der Waals surface area contributed by atoms with Crippen molar-refractivity contribution < 1.29 is 4.74 Å². The summed E-state index contributed by atoms with van der Waals surface area (Å²) in [5.41, 5.74) is 7.00. The second-order valence-electron chi connectivity index (χ2n) is 4.50. The van der Waals surface area contributed by atoms with Crippen LogP contribution in [0.3, 0.4) is 0 Å². The second-order valence-corrected chi connectivity index (χ2v) is 4.50. The van der Waals surface area contributed by atoms with Crippen molar-refractivity contribution in [2.24, 2.45) is 18.7 Å². The molecule has 1 fully saturated rings. The number of hydrogen-bond donors (Lipinski definition) is 1. The van der Waals surface area contributed by atoms with E-state index in [1.54, 1.807) is 4.68 Å². The van der Waals surface area contributed by atoms with Crippen LogP contribution >= 0.6 is 0 Å². The summed E-state index contributed by atoms with van der Waals surface area (Å²) in [5, 5.41) is 4.14. The summed E-state index contributed by atoms with van der Waals surface area (Å²) in [6.45, 7) is 2.81. The van der Waals surface area contributed by atoms with Crippen molar-refractivity contribution >= 4 is 0 Å². The van der Waals surface area contributed by atoms with E-state index < -0.39 is 0 Å². The number of ether oxygens (including phenoxy) is 1. The van der Waals surface area contributed by atoms with Gasteiger partial charge in [-0.1, -0.05) is 0 Å². The summed E-state index contributed by atoms with van der Waals surface area (Å²) in [4.78, 5) is 0. The van der Waals surface area contributed by atoms with Crippen molar-refractivity contribution in [1.82, 2.24) is 9.78 Å². The summed E-state index contributed by atoms with van der Waals surface area (Å²) < 4.78 is 7.63. The summed E-state index contributed by atoms with van der Waals surface area (Å²) in [6.07, 6.45) is 6.40. The first-order chi connectivity index (χ1) is 7.16. The molecule has 1 aliphatic rings. The van der Waals surface area contributed by atoms with E-state index in [9.17, 15) is 0 Å². The van der Waals surface area contributed by atoms with E-state index in [0.717, 1.165) is 18.1 Å². The van der Waals surface area contributed by atoms with E-state index in [-0.39, 0.29) is 12.1 Å². The molecule has 0 radical (unpaired) electrons. The molecule has 2 N–H and O–H groups in total. The zero-order valence-corrected chi connectivity index (χ0v) is 9.39. The molecule has 2 unspecified atom stereocenters. The minimum Gasteiger partial charge on any atom is -0.372 e. The molecule has 1 saturated carbocycles. The first kappa shape index (κ1) is 10.6. The van der Waals surface area contributed by atoms with Crippen LogP contribution in [0.1, 0.15) is 31.4 Å². The standard InChI is InChI=1S/C11H19N3O/c1-8(12)11(15-7-9-3-4-9)10-5-13-14(2)6-10/h5-6,8-9,11H,3-4,7,12H2,1-2H3. The zero-order valence-electron chi connectivity index (χ0n) is 9.39. The Morgan fingerprint density at radius 1 is 1.67 bits per heavy atom. The monoisotopic (exact) mass is 209 g/mol. The average Bonchev–Trinajstić information content (AvgIpc) is 2.89. The lowest BCUT2D eigenvalue weighted by molar-refractivity contribution is 0.0314. The summed E-state index contributed by atoms with van der Waals surface area (Å²) in [6, 6.07) is 0.00736. The normalized spacial score (nSPS) is 20.2. The Hall–Kier alpha value is -0.870.